The number of benzene rings is 2. The summed E-state index contributed by atoms with van der Waals surface area (Å²) in [5.74, 6) is -1.38. The van der Waals surface area contributed by atoms with Gasteiger partial charge in [-0.2, -0.15) is 0 Å². The topological polar surface area (TPSA) is 84.5 Å². The van der Waals surface area contributed by atoms with E-state index in [1.54, 1.807) is 36.4 Å². The lowest BCUT2D eigenvalue weighted by Gasteiger charge is -2.07. The van der Waals surface area contributed by atoms with Gasteiger partial charge in [-0.05, 0) is 43.3 Å². The second-order valence-electron chi connectivity index (χ2n) is 5.63. The summed E-state index contributed by atoms with van der Waals surface area (Å²) in [7, 11) is 0. The molecule has 0 radical (unpaired) electrons. The number of halogens is 1. The molecule has 136 valence electrons. The van der Waals surface area contributed by atoms with Crippen LogP contribution in [-0.4, -0.2) is 24.4 Å². The molecule has 2 rings (SSSR count). The Bertz CT molecular complexity index is 708. The number of hydrogen-bond acceptors (Lipinski definition) is 4. The largest absolute Gasteiger partial charge is 0.456 e. The van der Waals surface area contributed by atoms with E-state index in [2.05, 4.69) is 10.6 Å². The van der Waals surface area contributed by atoms with Crippen LogP contribution in [0, 0.1) is 6.92 Å². The minimum absolute atomic E-state index is 0.0223. The van der Waals surface area contributed by atoms with Crippen LogP contribution in [0.2, 0.25) is 5.02 Å². The summed E-state index contributed by atoms with van der Waals surface area (Å²) in [6.07, 6.45) is -0.128. The zero-order valence-corrected chi connectivity index (χ0v) is 15.0. The molecular formula is C19H19ClN2O4. The van der Waals surface area contributed by atoms with Gasteiger partial charge in [-0.1, -0.05) is 29.3 Å². The van der Waals surface area contributed by atoms with E-state index in [9.17, 15) is 14.4 Å². The number of ether oxygens (including phenoxy) is 1. The Kier molecular flexibility index (Phi) is 7.17. The summed E-state index contributed by atoms with van der Waals surface area (Å²) < 4.78 is 4.86. The summed E-state index contributed by atoms with van der Waals surface area (Å²) >= 11 is 5.75. The van der Waals surface area contributed by atoms with Crippen molar-refractivity contribution < 1.29 is 19.1 Å². The molecule has 2 aromatic rings. The zero-order valence-electron chi connectivity index (χ0n) is 14.3. The Morgan fingerprint density at radius 2 is 1.38 bits per heavy atom. The van der Waals surface area contributed by atoms with Gasteiger partial charge in [0.15, 0.2) is 6.61 Å². The van der Waals surface area contributed by atoms with Crippen molar-refractivity contribution in [3.8, 4) is 0 Å². The van der Waals surface area contributed by atoms with Gasteiger partial charge in [0.1, 0.15) is 0 Å². The van der Waals surface area contributed by atoms with E-state index in [0.29, 0.717) is 16.4 Å². The Morgan fingerprint density at radius 3 is 2.00 bits per heavy atom. The van der Waals surface area contributed by atoms with Crippen molar-refractivity contribution in [2.24, 2.45) is 0 Å². The van der Waals surface area contributed by atoms with E-state index in [0.717, 1.165) is 5.56 Å². The van der Waals surface area contributed by atoms with Gasteiger partial charge in [0, 0.05) is 22.8 Å². The fraction of sp³-hybridized carbons (Fsp3) is 0.211. The van der Waals surface area contributed by atoms with E-state index in [-0.39, 0.29) is 18.7 Å². The smallest absolute Gasteiger partial charge is 0.306 e. The third kappa shape index (κ3) is 6.94. The lowest BCUT2D eigenvalue weighted by atomic mass is 10.2. The predicted octanol–water partition coefficient (Wildman–Crippen LogP) is 3.55. The van der Waals surface area contributed by atoms with Crippen LogP contribution < -0.4 is 10.6 Å². The van der Waals surface area contributed by atoms with Crippen LogP contribution in [0.4, 0.5) is 11.4 Å². The van der Waals surface area contributed by atoms with Crippen molar-refractivity contribution >= 4 is 40.8 Å². The summed E-state index contributed by atoms with van der Waals surface area (Å²) in [6.45, 7) is 1.53. The number of rotatable bonds is 7. The van der Waals surface area contributed by atoms with Gasteiger partial charge < -0.3 is 15.4 Å². The standard InChI is InChI=1S/C19H19ClN2O4/c1-13-2-6-15(7-3-13)21-17(23)10-11-19(25)26-12-18(24)22-16-8-4-14(20)5-9-16/h2-9H,10-12H2,1H3,(H,21,23)(H,22,24). The molecule has 0 fully saturated rings. The van der Waals surface area contributed by atoms with Crippen molar-refractivity contribution in [3.63, 3.8) is 0 Å². The van der Waals surface area contributed by atoms with Crippen LogP contribution in [0.5, 0.6) is 0 Å². The van der Waals surface area contributed by atoms with Crippen molar-refractivity contribution in [1.82, 2.24) is 0 Å². The van der Waals surface area contributed by atoms with Crippen LogP contribution in [-0.2, 0) is 19.1 Å². The third-order valence-electron chi connectivity index (χ3n) is 3.38. The molecule has 0 heterocycles. The minimum Gasteiger partial charge on any atom is -0.456 e. The molecule has 0 aliphatic rings. The van der Waals surface area contributed by atoms with Gasteiger partial charge in [-0.3, -0.25) is 14.4 Å². The molecule has 0 saturated heterocycles. The monoisotopic (exact) mass is 374 g/mol. The van der Waals surface area contributed by atoms with Crippen molar-refractivity contribution in [3.05, 3.63) is 59.1 Å². The molecule has 6 nitrogen and oxygen atoms in total. The fourth-order valence-corrected chi connectivity index (χ4v) is 2.15. The quantitative estimate of drug-likeness (QED) is 0.726. The minimum atomic E-state index is -0.615. The number of hydrogen-bond donors (Lipinski definition) is 2. The molecule has 2 N–H and O–H groups in total. The number of amides is 2. The summed E-state index contributed by atoms with van der Waals surface area (Å²) in [4.78, 5) is 35.2. The van der Waals surface area contributed by atoms with Gasteiger partial charge in [0.05, 0.1) is 6.42 Å². The van der Waals surface area contributed by atoms with Crippen LogP contribution in [0.1, 0.15) is 18.4 Å². The summed E-state index contributed by atoms with van der Waals surface area (Å²) in [5, 5.41) is 5.82. The highest BCUT2D eigenvalue weighted by Crippen LogP contribution is 2.13. The molecule has 0 saturated carbocycles. The average Bonchev–Trinajstić information content (AvgIpc) is 2.62. The molecule has 26 heavy (non-hydrogen) atoms. The van der Waals surface area contributed by atoms with E-state index in [1.165, 1.54) is 0 Å². The Labute approximate surface area is 156 Å². The van der Waals surface area contributed by atoms with Crippen molar-refractivity contribution in [2.45, 2.75) is 19.8 Å². The first kappa shape index (κ1) is 19.5. The normalized spacial score (nSPS) is 10.1. The van der Waals surface area contributed by atoms with E-state index in [1.807, 2.05) is 19.1 Å². The van der Waals surface area contributed by atoms with Gasteiger partial charge in [-0.25, -0.2) is 0 Å². The third-order valence-corrected chi connectivity index (χ3v) is 3.64. The molecule has 0 aliphatic heterocycles. The molecule has 0 aromatic heterocycles. The molecule has 0 unspecified atom stereocenters. The first-order valence-electron chi connectivity index (χ1n) is 8.00. The highest BCUT2D eigenvalue weighted by Gasteiger charge is 2.11. The number of carbonyl (C=O) groups excluding carboxylic acids is 3. The maximum absolute atomic E-state index is 11.8. The van der Waals surface area contributed by atoms with Crippen molar-refractivity contribution in [1.29, 1.82) is 0 Å². The van der Waals surface area contributed by atoms with E-state index >= 15 is 0 Å². The van der Waals surface area contributed by atoms with Crippen LogP contribution in [0.15, 0.2) is 48.5 Å². The fourth-order valence-electron chi connectivity index (χ4n) is 2.02. The Morgan fingerprint density at radius 1 is 0.846 bits per heavy atom. The van der Waals surface area contributed by atoms with Crippen LogP contribution in [0.3, 0.4) is 0 Å². The lowest BCUT2D eigenvalue weighted by molar-refractivity contribution is -0.147. The van der Waals surface area contributed by atoms with Crippen LogP contribution in [0.25, 0.3) is 0 Å². The molecular weight excluding hydrogens is 356 g/mol. The molecule has 0 aliphatic carbocycles. The number of anilines is 2. The van der Waals surface area contributed by atoms with Gasteiger partial charge in [-0.15, -0.1) is 0 Å². The number of carbonyl (C=O) groups is 3. The molecule has 0 atom stereocenters. The van der Waals surface area contributed by atoms with Crippen molar-refractivity contribution in [2.75, 3.05) is 17.2 Å². The number of esters is 1. The van der Waals surface area contributed by atoms with Gasteiger partial charge in [0.25, 0.3) is 5.91 Å². The molecule has 7 heteroatoms. The summed E-state index contributed by atoms with van der Waals surface area (Å²) in [6, 6.07) is 13.9. The maximum Gasteiger partial charge on any atom is 0.306 e. The predicted molar refractivity (Wildman–Crippen MR) is 100 cm³/mol. The van der Waals surface area contributed by atoms with Gasteiger partial charge in [0.2, 0.25) is 5.91 Å². The average molecular weight is 375 g/mol. The number of aryl methyl sites for hydroxylation is 1. The zero-order chi connectivity index (χ0) is 18.9. The molecule has 2 aromatic carbocycles. The Hall–Kier alpha value is -2.86. The number of nitrogens with one attached hydrogen (secondary N) is 2. The van der Waals surface area contributed by atoms with E-state index in [4.69, 9.17) is 16.3 Å². The van der Waals surface area contributed by atoms with Crippen LogP contribution >= 0.6 is 11.6 Å². The second-order valence-corrected chi connectivity index (χ2v) is 6.07. The Balaban J connectivity index is 1.66. The first-order chi connectivity index (χ1) is 12.4. The second kappa shape index (κ2) is 9.58. The van der Waals surface area contributed by atoms with Gasteiger partial charge >= 0.3 is 5.97 Å². The highest BCUT2D eigenvalue weighted by atomic mass is 35.5. The molecule has 0 spiro atoms. The highest BCUT2D eigenvalue weighted by molar-refractivity contribution is 6.30. The molecule has 2 amide bonds. The SMILES string of the molecule is Cc1ccc(NC(=O)CCC(=O)OCC(=O)Nc2ccc(Cl)cc2)cc1. The first-order valence-corrected chi connectivity index (χ1v) is 8.38. The summed E-state index contributed by atoms with van der Waals surface area (Å²) in [5.41, 5.74) is 2.30. The molecule has 0 bridgehead atoms. The maximum atomic E-state index is 11.8. The van der Waals surface area contributed by atoms with E-state index < -0.39 is 18.5 Å². The lowest BCUT2D eigenvalue weighted by Crippen LogP contribution is -2.21.